The Labute approximate surface area is 230 Å². The number of hydrogen-bond donors (Lipinski definition) is 0. The molecule has 7 nitrogen and oxygen atoms in total. The van der Waals surface area contributed by atoms with Crippen LogP contribution in [0.3, 0.4) is 0 Å². The van der Waals surface area contributed by atoms with Crippen molar-refractivity contribution in [2.45, 2.75) is 12.8 Å². The molecule has 0 amide bonds. The molecule has 12 heteroatoms. The smallest absolute Gasteiger partial charge is 0.496 e. The van der Waals surface area contributed by atoms with Gasteiger partial charge in [-0.2, -0.15) is 5.26 Å². The average Bonchev–Trinajstić information content (AvgIpc) is 3.42. The first-order valence-corrected chi connectivity index (χ1v) is 11.2. The monoisotopic (exact) mass is 579 g/mol. The molecule has 0 aliphatic rings. The molecule has 3 aromatic heterocycles. The molecule has 0 fully saturated rings. The summed E-state index contributed by atoms with van der Waals surface area (Å²) in [5.74, 6) is 6.07. The molecule has 0 bridgehead atoms. The van der Waals surface area contributed by atoms with E-state index >= 15 is 0 Å². The largest absolute Gasteiger partial charge is 2.00 e. The first-order valence-electron chi connectivity index (χ1n) is 9.98. The second kappa shape index (κ2) is 14.7. The van der Waals surface area contributed by atoms with Crippen molar-refractivity contribution in [3.8, 4) is 34.8 Å². The van der Waals surface area contributed by atoms with Crippen molar-refractivity contribution in [3.63, 3.8) is 0 Å². The third-order valence-electron chi connectivity index (χ3n) is 4.43. The van der Waals surface area contributed by atoms with E-state index in [1.807, 2.05) is 18.2 Å². The fourth-order valence-corrected chi connectivity index (χ4v) is 3.27. The van der Waals surface area contributed by atoms with E-state index in [1.165, 1.54) is 30.7 Å². The number of halogens is 3. The maximum atomic E-state index is 12.8. The Kier molecular flexibility index (Phi) is 11.7. The molecule has 0 aliphatic carbocycles. The normalized spacial score (nSPS) is 9.62. The van der Waals surface area contributed by atoms with E-state index in [4.69, 9.17) is 21.6 Å². The standard InChI is InChI=1S/C15H10F2N3O2.C10H4ClN2S.Ni/c1-22-14-7-20-13(15(16)17)5-12(14)11-4-10(2-3-18)19-6-9(11)8-21;11-9-4-1-8(2-5-9)3-6-10-13-12-7-14-10;/h4-7,15H,2H2,1H3;1-2,4-5H;/q2*-1;+2. The Morgan fingerprint density at radius 3 is 2.51 bits per heavy atom. The number of rotatable bonds is 5. The van der Waals surface area contributed by atoms with Crippen LogP contribution < -0.4 is 4.74 Å². The minimum Gasteiger partial charge on any atom is -0.496 e. The summed E-state index contributed by atoms with van der Waals surface area (Å²) in [5.41, 5.74) is 4.19. The zero-order chi connectivity index (χ0) is 25.9. The minimum atomic E-state index is -2.76. The molecule has 0 atom stereocenters. The average molecular weight is 581 g/mol. The van der Waals surface area contributed by atoms with Gasteiger partial charge in [-0.3, -0.25) is 10.1 Å². The zero-order valence-corrected chi connectivity index (χ0v) is 21.4. The van der Waals surface area contributed by atoms with E-state index in [0.29, 0.717) is 21.3 Å². The van der Waals surface area contributed by atoms with E-state index in [1.54, 1.807) is 18.4 Å². The number of methoxy groups -OCH3 is 1. The molecule has 4 aromatic rings. The van der Waals surface area contributed by atoms with Crippen LogP contribution in [0.4, 0.5) is 8.78 Å². The van der Waals surface area contributed by atoms with Crippen molar-refractivity contribution in [2.24, 2.45) is 0 Å². The van der Waals surface area contributed by atoms with Crippen LogP contribution in [0, 0.1) is 28.7 Å². The van der Waals surface area contributed by atoms with Crippen molar-refractivity contribution in [3.05, 3.63) is 86.8 Å². The fraction of sp³-hybridized carbons (Fsp3) is 0.120. The first-order chi connectivity index (χ1) is 17.4. The summed E-state index contributed by atoms with van der Waals surface area (Å²) >= 11 is 7.04. The molecule has 0 saturated carbocycles. The van der Waals surface area contributed by atoms with Crippen LogP contribution in [0.15, 0.2) is 48.8 Å². The Balaban J connectivity index is 0.000000277. The molecule has 0 spiro atoms. The number of carbonyl (C=O) groups excluding carboxylic acids is 1. The first kappa shape index (κ1) is 29.5. The van der Waals surface area contributed by atoms with E-state index in [-0.39, 0.29) is 39.8 Å². The summed E-state index contributed by atoms with van der Waals surface area (Å²) < 4.78 is 30.8. The predicted molar refractivity (Wildman–Crippen MR) is 129 cm³/mol. The second-order valence-corrected chi connectivity index (χ2v) is 7.93. The van der Waals surface area contributed by atoms with Gasteiger partial charge in [0.2, 0.25) is 0 Å². The molecule has 0 aliphatic heterocycles. The van der Waals surface area contributed by atoms with Crippen LogP contribution in [0.2, 0.25) is 5.02 Å². The summed E-state index contributed by atoms with van der Waals surface area (Å²) in [5, 5.41) is 17.4. The van der Waals surface area contributed by atoms with Gasteiger partial charge in [0, 0.05) is 21.3 Å². The van der Waals surface area contributed by atoms with Gasteiger partial charge in [-0.25, -0.2) is 13.9 Å². The Morgan fingerprint density at radius 1 is 1.16 bits per heavy atom. The van der Waals surface area contributed by atoms with Gasteiger partial charge in [0.15, 0.2) is 0 Å². The molecular formula is C25H14ClF2N5NiO2S. The van der Waals surface area contributed by atoms with Gasteiger partial charge in [0.1, 0.15) is 11.4 Å². The van der Waals surface area contributed by atoms with Gasteiger partial charge < -0.3 is 25.9 Å². The van der Waals surface area contributed by atoms with Crippen LogP contribution in [0.1, 0.15) is 33.9 Å². The third kappa shape index (κ3) is 8.40. The van der Waals surface area contributed by atoms with Gasteiger partial charge in [-0.05, 0) is 35.9 Å². The van der Waals surface area contributed by atoms with E-state index in [9.17, 15) is 13.6 Å². The van der Waals surface area contributed by atoms with Crippen LogP contribution in [-0.4, -0.2) is 33.6 Å². The number of nitriles is 1. The van der Waals surface area contributed by atoms with Crippen molar-refractivity contribution < 1.29 is 34.8 Å². The molecule has 0 radical (unpaired) electrons. The van der Waals surface area contributed by atoms with Crippen molar-refractivity contribution >= 4 is 29.2 Å². The molecule has 0 unspecified atom stereocenters. The summed E-state index contributed by atoms with van der Waals surface area (Å²) in [6.07, 6.45) is 1.39. The number of hydrogen-bond acceptors (Lipinski definition) is 8. The van der Waals surface area contributed by atoms with Crippen LogP contribution in [-0.2, 0) is 27.7 Å². The van der Waals surface area contributed by atoms with Crippen molar-refractivity contribution in [1.29, 1.82) is 5.26 Å². The molecule has 0 saturated heterocycles. The van der Waals surface area contributed by atoms with Crippen molar-refractivity contribution in [1.82, 2.24) is 20.2 Å². The van der Waals surface area contributed by atoms with Crippen LogP contribution >= 0.6 is 22.9 Å². The second-order valence-electron chi connectivity index (χ2n) is 6.72. The van der Waals surface area contributed by atoms with Crippen molar-refractivity contribution in [2.75, 3.05) is 7.11 Å². The Bertz CT molecular complexity index is 1440. The van der Waals surface area contributed by atoms with Gasteiger partial charge in [0.05, 0.1) is 32.1 Å². The van der Waals surface area contributed by atoms with Gasteiger partial charge in [0.25, 0.3) is 6.43 Å². The Morgan fingerprint density at radius 2 is 1.92 bits per heavy atom. The number of alkyl halides is 2. The maximum absolute atomic E-state index is 12.8. The molecule has 3 heterocycles. The van der Waals surface area contributed by atoms with E-state index in [2.05, 4.69) is 37.5 Å². The third-order valence-corrected chi connectivity index (χ3v) is 5.24. The maximum Gasteiger partial charge on any atom is 2.00 e. The van der Waals surface area contributed by atoms with Crippen LogP contribution in [0.25, 0.3) is 11.1 Å². The van der Waals surface area contributed by atoms with Gasteiger partial charge in [-0.1, -0.05) is 35.3 Å². The van der Waals surface area contributed by atoms with E-state index in [0.717, 1.165) is 17.8 Å². The molecule has 188 valence electrons. The quantitative estimate of drug-likeness (QED) is 0.186. The van der Waals surface area contributed by atoms with E-state index < -0.39 is 12.1 Å². The minimum absolute atomic E-state index is 0. The Hall–Kier alpha value is -3.76. The van der Waals surface area contributed by atoms with Gasteiger partial charge >= 0.3 is 16.5 Å². The SMILES string of the molecule is COc1cnc(C(F)F)cc1-c1cc(CC#N)ncc1[C-]=O.Clc1ccc(C#Cc2nn[c-]s2)cc1.[Ni+2]. The summed E-state index contributed by atoms with van der Waals surface area (Å²) in [6, 6.07) is 11.9. The predicted octanol–water partition coefficient (Wildman–Crippen LogP) is 5.00. The number of ether oxygens (including phenoxy) is 1. The summed E-state index contributed by atoms with van der Waals surface area (Å²) in [7, 11) is 1.37. The number of pyridine rings is 2. The number of benzene rings is 1. The van der Waals surface area contributed by atoms with Crippen LogP contribution in [0.5, 0.6) is 5.75 Å². The molecular weight excluding hydrogens is 567 g/mol. The fourth-order valence-electron chi connectivity index (χ4n) is 2.79. The topological polar surface area (TPSA) is 102 Å². The number of nitrogens with zero attached hydrogens (tertiary/aromatic N) is 5. The van der Waals surface area contributed by atoms with Gasteiger partial charge in [-0.15, -0.1) is 17.0 Å². The molecule has 1 aromatic carbocycles. The zero-order valence-electron chi connectivity index (χ0n) is 18.8. The summed E-state index contributed by atoms with van der Waals surface area (Å²) in [4.78, 5) is 18.6. The molecule has 4 rings (SSSR count). The molecule has 0 N–H and O–H groups in total. The number of aromatic nitrogens is 4. The summed E-state index contributed by atoms with van der Waals surface area (Å²) in [6.45, 7) is 0. The molecule has 37 heavy (non-hydrogen) atoms.